The van der Waals surface area contributed by atoms with Gasteiger partial charge in [-0.2, -0.15) is 0 Å². The van der Waals surface area contributed by atoms with Gasteiger partial charge in [0, 0.05) is 11.5 Å². The zero-order chi connectivity index (χ0) is 14.2. The molecule has 0 atom stereocenters. The van der Waals surface area contributed by atoms with E-state index in [1.165, 1.54) is 6.07 Å². The van der Waals surface area contributed by atoms with Gasteiger partial charge < -0.3 is 15.6 Å². The number of nitrogens with two attached hydrogens (primary N) is 1. The van der Waals surface area contributed by atoms with E-state index < -0.39 is 30.0 Å². The summed E-state index contributed by atoms with van der Waals surface area (Å²) < 4.78 is 44.4. The number of nitrogen functional groups attached to an aromatic ring is 1. The number of fused-ring (bicyclic) bond motifs is 1. The number of anilines is 1. The summed E-state index contributed by atoms with van der Waals surface area (Å²) in [6, 6.07) is 1.92. The van der Waals surface area contributed by atoms with E-state index in [9.17, 15) is 18.3 Å². The van der Waals surface area contributed by atoms with Gasteiger partial charge in [0.05, 0.1) is 11.1 Å². The van der Waals surface area contributed by atoms with Gasteiger partial charge in [0.25, 0.3) is 0 Å². The highest BCUT2D eigenvalue weighted by Crippen LogP contribution is 2.41. The fourth-order valence-corrected chi connectivity index (χ4v) is 2.09. The fraction of sp³-hybridized carbons (Fsp3) is 0.231. The lowest BCUT2D eigenvalue weighted by atomic mass is 9.99. The molecule has 0 bridgehead atoms. The molecular weight excluding hydrogens is 259 g/mol. The molecule has 0 aromatic heterocycles. The minimum Gasteiger partial charge on any atom is -0.505 e. The molecule has 0 unspecified atom stereocenters. The Labute approximate surface area is 107 Å². The minimum atomic E-state index is -1.26. The Morgan fingerprint density at radius 3 is 2.47 bits per heavy atom. The first-order valence-electron chi connectivity index (χ1n) is 5.62. The maximum absolute atomic E-state index is 13.8. The summed E-state index contributed by atoms with van der Waals surface area (Å²) in [6.07, 6.45) is 0.395. The normalized spacial score (nSPS) is 10.9. The van der Waals surface area contributed by atoms with Crippen molar-refractivity contribution in [2.45, 2.75) is 13.3 Å². The number of halogens is 3. The molecule has 19 heavy (non-hydrogen) atoms. The van der Waals surface area contributed by atoms with Crippen molar-refractivity contribution >= 4 is 16.5 Å². The fourth-order valence-electron chi connectivity index (χ4n) is 2.09. The molecule has 0 amide bonds. The second-order valence-corrected chi connectivity index (χ2v) is 4.00. The second kappa shape index (κ2) is 4.87. The van der Waals surface area contributed by atoms with Crippen LogP contribution in [0.3, 0.4) is 0 Å². The Morgan fingerprint density at radius 2 is 1.89 bits per heavy atom. The molecule has 0 saturated heterocycles. The van der Waals surface area contributed by atoms with Gasteiger partial charge in [-0.25, -0.2) is 13.2 Å². The number of rotatable bonds is 3. The van der Waals surface area contributed by atoms with Crippen molar-refractivity contribution in [2.24, 2.45) is 0 Å². The van der Waals surface area contributed by atoms with E-state index in [1.54, 1.807) is 6.92 Å². The standard InChI is InChI=1S/C13H12F3NO2/c1-2-6-3-9(17)12(18)11-7(15)4-8(16)13(10(6)11)19-5-14/h3-4,18H,2,5,17H2,1H3. The summed E-state index contributed by atoms with van der Waals surface area (Å²) >= 11 is 0. The number of hydrogen-bond acceptors (Lipinski definition) is 3. The quantitative estimate of drug-likeness (QED) is 0.665. The Balaban J connectivity index is 2.99. The Morgan fingerprint density at radius 1 is 1.21 bits per heavy atom. The van der Waals surface area contributed by atoms with Gasteiger partial charge in [-0.3, -0.25) is 0 Å². The van der Waals surface area contributed by atoms with Crippen LogP contribution < -0.4 is 10.5 Å². The zero-order valence-electron chi connectivity index (χ0n) is 10.1. The van der Waals surface area contributed by atoms with E-state index >= 15 is 0 Å². The molecule has 3 N–H and O–H groups in total. The summed E-state index contributed by atoms with van der Waals surface area (Å²) in [4.78, 5) is 0. The Hall–Kier alpha value is -2.11. The Bertz CT molecular complexity index is 644. The van der Waals surface area contributed by atoms with Crippen molar-refractivity contribution in [3.63, 3.8) is 0 Å². The third-order valence-corrected chi connectivity index (χ3v) is 2.93. The van der Waals surface area contributed by atoms with E-state index in [4.69, 9.17) is 5.73 Å². The van der Waals surface area contributed by atoms with Crippen LogP contribution in [0.2, 0.25) is 0 Å². The smallest absolute Gasteiger partial charge is 0.228 e. The van der Waals surface area contributed by atoms with Crippen molar-refractivity contribution in [1.29, 1.82) is 0 Å². The second-order valence-electron chi connectivity index (χ2n) is 4.00. The molecule has 2 aromatic carbocycles. The minimum absolute atomic E-state index is 0.00403. The van der Waals surface area contributed by atoms with Gasteiger partial charge in [0.15, 0.2) is 11.6 Å². The van der Waals surface area contributed by atoms with E-state index in [2.05, 4.69) is 4.74 Å². The first kappa shape index (κ1) is 13.3. The molecule has 6 heteroatoms. The van der Waals surface area contributed by atoms with E-state index in [1.807, 2.05) is 0 Å². The molecule has 3 nitrogen and oxygen atoms in total. The first-order chi connectivity index (χ1) is 9.01. The molecule has 0 saturated carbocycles. The molecule has 0 spiro atoms. The van der Waals surface area contributed by atoms with Gasteiger partial charge >= 0.3 is 0 Å². The molecule has 0 aliphatic heterocycles. The monoisotopic (exact) mass is 271 g/mol. The summed E-state index contributed by atoms with van der Waals surface area (Å²) in [7, 11) is 0. The third-order valence-electron chi connectivity index (χ3n) is 2.93. The van der Waals surface area contributed by atoms with Crippen LogP contribution in [0, 0.1) is 11.6 Å². The van der Waals surface area contributed by atoms with Gasteiger partial charge in [-0.1, -0.05) is 6.92 Å². The number of alkyl halides is 1. The maximum atomic E-state index is 13.8. The number of phenolic OH excluding ortho intramolecular Hbond substituents is 1. The van der Waals surface area contributed by atoms with Gasteiger partial charge in [-0.15, -0.1) is 0 Å². The number of aryl methyl sites for hydroxylation is 1. The van der Waals surface area contributed by atoms with E-state index in [0.717, 1.165) is 0 Å². The number of aromatic hydroxyl groups is 1. The van der Waals surface area contributed by atoms with Crippen LogP contribution in [0.1, 0.15) is 12.5 Å². The lowest BCUT2D eigenvalue weighted by Gasteiger charge is -2.14. The van der Waals surface area contributed by atoms with E-state index in [0.29, 0.717) is 18.1 Å². The molecular formula is C13H12F3NO2. The third kappa shape index (κ3) is 2.03. The highest BCUT2D eigenvalue weighted by Gasteiger charge is 2.21. The van der Waals surface area contributed by atoms with Crippen molar-refractivity contribution in [1.82, 2.24) is 0 Å². The van der Waals surface area contributed by atoms with Crippen molar-refractivity contribution in [3.05, 3.63) is 29.3 Å². The average molecular weight is 271 g/mol. The highest BCUT2D eigenvalue weighted by molar-refractivity contribution is 5.99. The van der Waals surface area contributed by atoms with Gasteiger partial charge in [0.1, 0.15) is 11.6 Å². The first-order valence-corrected chi connectivity index (χ1v) is 5.62. The van der Waals surface area contributed by atoms with Crippen LogP contribution >= 0.6 is 0 Å². The van der Waals surface area contributed by atoms with Crippen molar-refractivity contribution in [3.8, 4) is 11.5 Å². The van der Waals surface area contributed by atoms with E-state index in [-0.39, 0.29) is 16.5 Å². The van der Waals surface area contributed by atoms with Crippen LogP contribution in [0.15, 0.2) is 12.1 Å². The summed E-state index contributed by atoms with van der Waals surface area (Å²) in [5, 5.41) is 9.55. The van der Waals surface area contributed by atoms with Crippen LogP contribution in [0.25, 0.3) is 10.8 Å². The van der Waals surface area contributed by atoms with Crippen molar-refractivity contribution < 1.29 is 23.0 Å². The van der Waals surface area contributed by atoms with Gasteiger partial charge in [0.2, 0.25) is 6.86 Å². The van der Waals surface area contributed by atoms with Crippen LogP contribution in [-0.2, 0) is 6.42 Å². The maximum Gasteiger partial charge on any atom is 0.228 e. The average Bonchev–Trinajstić information content (AvgIpc) is 2.37. The van der Waals surface area contributed by atoms with Crippen molar-refractivity contribution in [2.75, 3.05) is 12.6 Å². The molecule has 102 valence electrons. The van der Waals surface area contributed by atoms with Crippen LogP contribution in [0.4, 0.5) is 18.9 Å². The number of benzene rings is 2. The van der Waals surface area contributed by atoms with Crippen LogP contribution in [-0.4, -0.2) is 12.0 Å². The number of ether oxygens (including phenoxy) is 1. The SMILES string of the molecule is CCc1cc(N)c(O)c2c(F)cc(F)c(OCF)c12. The zero-order valence-corrected chi connectivity index (χ0v) is 10.1. The van der Waals surface area contributed by atoms with Crippen LogP contribution in [0.5, 0.6) is 11.5 Å². The molecule has 0 aliphatic carbocycles. The molecule has 0 aliphatic rings. The highest BCUT2D eigenvalue weighted by atomic mass is 19.1. The molecule has 2 aromatic rings. The lowest BCUT2D eigenvalue weighted by Crippen LogP contribution is -2.01. The predicted molar refractivity (Wildman–Crippen MR) is 65.9 cm³/mol. The molecule has 0 heterocycles. The Kier molecular flexibility index (Phi) is 3.42. The topological polar surface area (TPSA) is 55.5 Å². The molecule has 2 rings (SSSR count). The number of phenols is 1. The van der Waals surface area contributed by atoms with Gasteiger partial charge in [-0.05, 0) is 18.1 Å². The molecule has 0 radical (unpaired) electrons. The summed E-state index contributed by atoms with van der Waals surface area (Å²) in [5.74, 6) is -2.93. The lowest BCUT2D eigenvalue weighted by molar-refractivity contribution is 0.186. The largest absolute Gasteiger partial charge is 0.505 e. The predicted octanol–water partition coefficient (Wildman–Crippen LogP) is 3.27. The number of hydrogen-bond donors (Lipinski definition) is 2. The summed E-state index contributed by atoms with van der Waals surface area (Å²) in [6.45, 7) is 0.485. The summed E-state index contributed by atoms with van der Waals surface area (Å²) in [5.41, 5.74) is 6.01. The molecule has 0 fully saturated rings.